The number of carbonyl (C=O) groups is 1. The highest BCUT2D eigenvalue weighted by atomic mass is 19.3. The van der Waals surface area contributed by atoms with Gasteiger partial charge in [-0.2, -0.15) is 0 Å². The van der Waals surface area contributed by atoms with E-state index < -0.39 is 17.8 Å². The van der Waals surface area contributed by atoms with Crippen LogP contribution in [0, 0.1) is 6.92 Å². The predicted molar refractivity (Wildman–Crippen MR) is 85.7 cm³/mol. The van der Waals surface area contributed by atoms with Crippen LogP contribution in [0.5, 0.6) is 0 Å². The molecule has 1 aromatic carbocycles. The highest BCUT2D eigenvalue weighted by Crippen LogP contribution is 2.35. The van der Waals surface area contributed by atoms with Gasteiger partial charge in [-0.1, -0.05) is 18.2 Å². The summed E-state index contributed by atoms with van der Waals surface area (Å²) in [5.41, 5.74) is -0.0361. The fourth-order valence-corrected chi connectivity index (χ4v) is 3.09. The molecule has 1 saturated carbocycles. The van der Waals surface area contributed by atoms with Crippen LogP contribution in [0.2, 0.25) is 0 Å². The summed E-state index contributed by atoms with van der Waals surface area (Å²) in [7, 11) is 0. The molecule has 1 fully saturated rings. The molecule has 0 radical (unpaired) electrons. The molecule has 4 nitrogen and oxygen atoms in total. The SMILES string of the molecule is Cc1c(-c2cccc(C(F)F)c2)c(=O)c(C(=O)O)cn1C1CCC1. The van der Waals surface area contributed by atoms with E-state index in [1.54, 1.807) is 17.6 Å². The first-order chi connectivity index (χ1) is 11.4. The number of carboxylic acids is 1. The van der Waals surface area contributed by atoms with E-state index in [9.17, 15) is 23.5 Å². The number of halogens is 2. The van der Waals surface area contributed by atoms with Crippen molar-refractivity contribution in [3.8, 4) is 11.1 Å². The lowest BCUT2D eigenvalue weighted by Crippen LogP contribution is -2.27. The van der Waals surface area contributed by atoms with Gasteiger partial charge in [0.05, 0.1) is 0 Å². The first-order valence-corrected chi connectivity index (χ1v) is 7.77. The van der Waals surface area contributed by atoms with E-state index in [4.69, 9.17) is 0 Å². The van der Waals surface area contributed by atoms with E-state index in [0.29, 0.717) is 11.3 Å². The molecule has 2 aromatic rings. The number of nitrogens with zero attached hydrogens (tertiary/aromatic N) is 1. The van der Waals surface area contributed by atoms with Gasteiger partial charge in [0.25, 0.3) is 6.43 Å². The van der Waals surface area contributed by atoms with Crippen molar-refractivity contribution in [3.05, 3.63) is 57.5 Å². The topological polar surface area (TPSA) is 59.3 Å². The molecule has 1 aromatic heterocycles. The number of hydrogen-bond acceptors (Lipinski definition) is 2. The molecule has 0 atom stereocenters. The lowest BCUT2D eigenvalue weighted by molar-refractivity contribution is 0.0694. The Hall–Kier alpha value is -2.50. The van der Waals surface area contributed by atoms with Crippen LogP contribution in [-0.4, -0.2) is 15.6 Å². The second-order valence-electron chi connectivity index (χ2n) is 6.06. The second kappa shape index (κ2) is 6.19. The zero-order chi connectivity index (χ0) is 17.4. The first-order valence-electron chi connectivity index (χ1n) is 7.77. The average Bonchev–Trinajstić information content (AvgIpc) is 2.48. The minimum Gasteiger partial charge on any atom is -0.477 e. The van der Waals surface area contributed by atoms with E-state index >= 15 is 0 Å². The van der Waals surface area contributed by atoms with Crippen molar-refractivity contribution in [3.63, 3.8) is 0 Å². The van der Waals surface area contributed by atoms with Crippen LogP contribution in [0.1, 0.15) is 53.3 Å². The largest absolute Gasteiger partial charge is 0.477 e. The molecule has 0 aliphatic heterocycles. The number of aromatic carboxylic acids is 1. The van der Waals surface area contributed by atoms with Gasteiger partial charge in [0, 0.05) is 29.1 Å². The Morgan fingerprint density at radius 3 is 2.58 bits per heavy atom. The lowest BCUT2D eigenvalue weighted by Gasteiger charge is -2.31. The molecule has 1 heterocycles. The Bertz CT molecular complexity index is 854. The van der Waals surface area contributed by atoms with Crippen molar-refractivity contribution in [2.45, 2.75) is 38.7 Å². The van der Waals surface area contributed by atoms with Crippen molar-refractivity contribution in [1.82, 2.24) is 4.57 Å². The van der Waals surface area contributed by atoms with Crippen molar-refractivity contribution >= 4 is 5.97 Å². The maximum atomic E-state index is 13.0. The quantitative estimate of drug-likeness (QED) is 0.913. The third-order valence-corrected chi connectivity index (χ3v) is 4.61. The lowest BCUT2D eigenvalue weighted by atomic mass is 9.91. The predicted octanol–water partition coefficient (Wildman–Crippen LogP) is 4.18. The van der Waals surface area contributed by atoms with Crippen LogP contribution in [-0.2, 0) is 0 Å². The van der Waals surface area contributed by atoms with Gasteiger partial charge in [-0.25, -0.2) is 13.6 Å². The molecule has 0 unspecified atom stereocenters. The fourth-order valence-electron chi connectivity index (χ4n) is 3.09. The van der Waals surface area contributed by atoms with Crippen LogP contribution in [0.25, 0.3) is 11.1 Å². The number of hydrogen-bond donors (Lipinski definition) is 1. The standard InChI is InChI=1S/C18H17F2NO3/c1-10-15(11-4-2-5-12(8-11)17(19)20)16(22)14(18(23)24)9-21(10)13-6-3-7-13/h2,4-5,8-9,13,17H,3,6-7H2,1H3,(H,23,24). The van der Waals surface area contributed by atoms with Crippen LogP contribution in [0.3, 0.4) is 0 Å². The fraction of sp³-hybridized carbons (Fsp3) is 0.333. The first kappa shape index (κ1) is 16.4. The molecule has 126 valence electrons. The zero-order valence-electron chi connectivity index (χ0n) is 13.1. The van der Waals surface area contributed by atoms with Gasteiger partial charge in [0.2, 0.25) is 5.43 Å². The third-order valence-electron chi connectivity index (χ3n) is 4.61. The van der Waals surface area contributed by atoms with Crippen LogP contribution in [0.4, 0.5) is 8.78 Å². The summed E-state index contributed by atoms with van der Waals surface area (Å²) < 4.78 is 27.7. The minimum absolute atomic E-state index is 0.153. The highest BCUT2D eigenvalue weighted by molar-refractivity contribution is 5.89. The van der Waals surface area contributed by atoms with Gasteiger partial charge in [0.1, 0.15) is 5.56 Å². The number of alkyl halides is 2. The molecule has 0 saturated heterocycles. The molecule has 24 heavy (non-hydrogen) atoms. The monoisotopic (exact) mass is 333 g/mol. The maximum absolute atomic E-state index is 13.0. The van der Waals surface area contributed by atoms with Crippen molar-refractivity contribution < 1.29 is 18.7 Å². The molecule has 0 amide bonds. The molecular weight excluding hydrogens is 316 g/mol. The Morgan fingerprint density at radius 1 is 1.33 bits per heavy atom. The van der Waals surface area contributed by atoms with Gasteiger partial charge in [-0.15, -0.1) is 0 Å². The third kappa shape index (κ3) is 2.72. The number of rotatable bonds is 4. The smallest absolute Gasteiger partial charge is 0.341 e. The Balaban J connectivity index is 2.26. The zero-order valence-corrected chi connectivity index (χ0v) is 13.1. The summed E-state index contributed by atoms with van der Waals surface area (Å²) in [5, 5.41) is 9.33. The van der Waals surface area contributed by atoms with Crippen LogP contribution >= 0.6 is 0 Å². The van der Waals surface area contributed by atoms with Crippen molar-refractivity contribution in [2.24, 2.45) is 0 Å². The summed E-state index contributed by atoms with van der Waals surface area (Å²) in [6.07, 6.45) is 1.61. The molecule has 1 N–H and O–H groups in total. The summed E-state index contributed by atoms with van der Waals surface area (Å²) in [5.74, 6) is -1.31. The van der Waals surface area contributed by atoms with Crippen molar-refractivity contribution in [2.75, 3.05) is 0 Å². The summed E-state index contributed by atoms with van der Waals surface area (Å²) in [6.45, 7) is 1.73. The molecule has 0 bridgehead atoms. The summed E-state index contributed by atoms with van der Waals surface area (Å²) in [4.78, 5) is 24.1. The van der Waals surface area contributed by atoms with E-state index in [-0.39, 0.29) is 22.7 Å². The van der Waals surface area contributed by atoms with E-state index in [0.717, 1.165) is 19.3 Å². The number of pyridine rings is 1. The number of aromatic nitrogens is 1. The Labute approximate surface area is 137 Å². The average molecular weight is 333 g/mol. The summed E-state index contributed by atoms with van der Waals surface area (Å²) >= 11 is 0. The van der Waals surface area contributed by atoms with E-state index in [2.05, 4.69) is 0 Å². The molecule has 0 spiro atoms. The number of carboxylic acid groups (broad SMARTS) is 1. The number of benzene rings is 1. The molecule has 1 aliphatic carbocycles. The van der Waals surface area contributed by atoms with Gasteiger partial charge in [-0.3, -0.25) is 4.79 Å². The van der Waals surface area contributed by atoms with E-state index in [1.807, 2.05) is 0 Å². The van der Waals surface area contributed by atoms with Gasteiger partial charge in [0.15, 0.2) is 0 Å². The van der Waals surface area contributed by atoms with Gasteiger partial charge < -0.3 is 9.67 Å². The van der Waals surface area contributed by atoms with Crippen LogP contribution < -0.4 is 5.43 Å². The maximum Gasteiger partial charge on any atom is 0.341 e. The minimum atomic E-state index is -2.65. The summed E-state index contributed by atoms with van der Waals surface area (Å²) in [6, 6.07) is 5.71. The van der Waals surface area contributed by atoms with Crippen LogP contribution in [0.15, 0.2) is 35.3 Å². The molecule has 3 rings (SSSR count). The molecular formula is C18H17F2NO3. The molecule has 1 aliphatic rings. The normalized spacial score (nSPS) is 14.7. The Morgan fingerprint density at radius 2 is 2.04 bits per heavy atom. The highest BCUT2D eigenvalue weighted by Gasteiger charge is 2.25. The van der Waals surface area contributed by atoms with Crippen molar-refractivity contribution in [1.29, 1.82) is 0 Å². The molecule has 6 heteroatoms. The second-order valence-corrected chi connectivity index (χ2v) is 6.06. The van der Waals surface area contributed by atoms with Gasteiger partial charge in [-0.05, 0) is 37.8 Å². The van der Waals surface area contributed by atoms with E-state index in [1.165, 1.54) is 24.4 Å². The Kier molecular flexibility index (Phi) is 4.22. The van der Waals surface area contributed by atoms with Gasteiger partial charge >= 0.3 is 5.97 Å².